The largest absolute Gasteiger partial charge is 1.00 e. The molecule has 8 heterocycles. The molecule has 5 aliphatic heterocycles. The molecule has 3 aromatic heterocycles. The molecule has 5 aliphatic rings. The number of aromatic nitrogens is 3. The summed E-state index contributed by atoms with van der Waals surface area (Å²) in [5.74, 6) is 1.11. The van der Waals surface area contributed by atoms with Crippen molar-refractivity contribution in [1.29, 1.82) is 0 Å². The van der Waals surface area contributed by atoms with E-state index in [4.69, 9.17) is 40.8 Å². The normalized spacial score (nSPS) is 17.1. The van der Waals surface area contributed by atoms with Crippen LogP contribution in [0, 0.1) is 83.8 Å². The number of rotatable bonds is 8. The number of halogens is 2. The number of benzene rings is 9. The Bertz CT molecular complexity index is 7140. The first-order chi connectivity index (χ1) is 67.2. The van der Waals surface area contributed by atoms with E-state index in [-0.39, 0.29) is 120 Å². The standard InChI is InChI=1S/C32H33N3O2.C32H31N3O2.C23H15ClN2O.C14H25NO3.C10H17NO3.C9H17NO.B.ClH.Na.H/c2*1-21-18-35(25-16-14-24(15-17-25)34-19-31(2,3)30(37)32(4,5)20-34)29(36)27-9-7-8-26(28(21)27)22-10-12-23(33-6)13-11-22;1-15-14-26(19-12-8-17(24)9-13-19)23(27)21-5-3-4-20(22(15)21)16-6-10-18(25-2)11-7-16;1-12(2,3)18-11(17)15-8-13(4,5)10(16)14(6,7)9-15;1-10(2,3)14-9(13)11-6-4-8(12)5-7-11;1-8(2)5-10-6-9(3,4)7(8)11;;;;/h7-18,30,37H,19-20H2,1-5H3;7-18H,19-20H2,1-5H3;3-14H,1H3;8-9H2,1-7H3;4-7H2,1-3H3;10H,5-6H2,1-4H3;;1H;;/q;;;;;;;;+1;-1. The van der Waals surface area contributed by atoms with Crippen molar-refractivity contribution in [2.45, 2.75) is 203 Å². The zero-order chi connectivity index (χ0) is 106. The predicted molar refractivity (Wildman–Crippen MR) is 595 cm³/mol. The fraction of sp³-hybridized carbons (Fsp3) is 0.400. The van der Waals surface area contributed by atoms with Crippen molar-refractivity contribution < 1.29 is 74.3 Å². The summed E-state index contributed by atoms with van der Waals surface area (Å²) in [4.78, 5) is 130. The molecule has 5 fully saturated rings. The molecule has 27 heteroatoms. The first kappa shape index (κ1) is 118. The molecule has 0 saturated carbocycles. The van der Waals surface area contributed by atoms with Gasteiger partial charge in [0.25, 0.3) is 16.7 Å². The van der Waals surface area contributed by atoms with Gasteiger partial charge in [0, 0.05) is 198 Å². The van der Waals surface area contributed by atoms with E-state index in [0.717, 1.165) is 121 Å². The summed E-state index contributed by atoms with van der Waals surface area (Å²) in [7, 11) is 0. The molecule has 765 valence electrons. The molecular weight excluding hydrogens is 1890 g/mol. The van der Waals surface area contributed by atoms with Crippen LogP contribution in [0.5, 0.6) is 0 Å². The first-order valence-corrected chi connectivity index (χ1v) is 49.5. The number of piperidine rings is 5. The van der Waals surface area contributed by atoms with Gasteiger partial charge in [-0.05, 0) is 220 Å². The van der Waals surface area contributed by atoms with Crippen molar-refractivity contribution in [3.05, 3.63) is 306 Å². The van der Waals surface area contributed by atoms with Crippen LogP contribution in [0.1, 0.15) is 183 Å². The summed E-state index contributed by atoms with van der Waals surface area (Å²) in [5.41, 5.74) is 11.4. The number of fused-ring (bicyclic) bond motifs is 3. The Morgan fingerprint density at radius 3 is 0.939 bits per heavy atom. The molecule has 2 amide bonds. The molecule has 12 aromatic rings. The van der Waals surface area contributed by atoms with Crippen LogP contribution in [0.25, 0.3) is 97.3 Å². The summed E-state index contributed by atoms with van der Waals surface area (Å²) in [6.07, 6.45) is 5.58. The van der Waals surface area contributed by atoms with Crippen molar-refractivity contribution in [3.63, 3.8) is 0 Å². The SMILES string of the molecule is CC(C)(C)OC(=O)N1CC(C)(C)C(=O)C(C)(C)C1.CC(C)(C)OC(=O)N1CCC(=O)CC1.CC1(C)CNCC(C)(C)C1=O.Cl.[B].[C-]#[N+]c1ccc(-c2cccc3c(=O)n(-c4ccc(Cl)cc4)cc(C)c23)cc1.[C-]#[N+]c1ccc(-c2cccc3c(=O)n(-c4ccc(N5CC(C)(C)C(=O)C(C)(C)C5)cc4)cc(C)c23)cc1.[C-]#[N+]c1ccc(-c2cccc3c(=O)n(-c4ccc(N5CC(C)(C)C(O)C(C)(C)C5)cc4)cc(C)c23)cc1.[H-].[Na+]. The van der Waals surface area contributed by atoms with Crippen LogP contribution in [0.15, 0.2) is 233 Å². The summed E-state index contributed by atoms with van der Waals surface area (Å²) in [5, 5.41) is 19.5. The van der Waals surface area contributed by atoms with Crippen LogP contribution >= 0.6 is 24.0 Å². The Labute approximate surface area is 903 Å². The average Bonchev–Trinajstić information content (AvgIpc) is 0.757. The number of aryl methyl sites for hydroxylation is 3. The van der Waals surface area contributed by atoms with Gasteiger partial charge in [0.15, 0.2) is 17.1 Å². The van der Waals surface area contributed by atoms with E-state index in [1.807, 2.05) is 316 Å². The van der Waals surface area contributed by atoms with Gasteiger partial charge in [0.05, 0.1) is 25.8 Å². The molecule has 2 N–H and O–H groups in total. The van der Waals surface area contributed by atoms with Gasteiger partial charge in [-0.15, -0.1) is 12.4 Å². The third-order valence-electron chi connectivity index (χ3n) is 27.2. The minimum Gasteiger partial charge on any atom is -1.00 e. The van der Waals surface area contributed by atoms with Gasteiger partial charge in [-0.3, -0.25) is 47.3 Å². The van der Waals surface area contributed by atoms with Crippen molar-refractivity contribution in [2.24, 2.45) is 43.3 Å². The van der Waals surface area contributed by atoms with Gasteiger partial charge < -0.3 is 40.9 Å². The molecule has 0 unspecified atom stereocenters. The smallest absolute Gasteiger partial charge is 1.00 e. The van der Waals surface area contributed by atoms with Crippen LogP contribution in [0.3, 0.4) is 0 Å². The van der Waals surface area contributed by atoms with E-state index < -0.39 is 32.9 Å². The maximum atomic E-state index is 13.6. The Morgan fingerprint density at radius 2 is 0.653 bits per heavy atom. The number of Topliss-reactive ketones (excluding diaryl/α,β-unsaturated/α-hetero) is 4. The first-order valence-electron chi connectivity index (χ1n) is 49.1. The van der Waals surface area contributed by atoms with Crippen molar-refractivity contribution in [2.75, 3.05) is 75.2 Å². The minimum atomic E-state index is -0.515. The van der Waals surface area contributed by atoms with Gasteiger partial charge in [-0.2, -0.15) is 0 Å². The number of carbonyl (C=O) groups excluding carboxylic acids is 6. The van der Waals surface area contributed by atoms with Crippen molar-refractivity contribution in [1.82, 2.24) is 28.8 Å². The number of ether oxygens (including phenoxy) is 2. The van der Waals surface area contributed by atoms with E-state index in [1.165, 1.54) is 0 Å². The fourth-order valence-corrected chi connectivity index (χ4v) is 20.9. The number of aliphatic hydroxyl groups excluding tert-OH is 1. The quantitative estimate of drug-likeness (QED) is 0.106. The number of hydrogen-bond acceptors (Lipinski definition) is 15. The number of likely N-dealkylation sites (tertiary alicyclic amines) is 2. The second-order valence-corrected chi connectivity index (χ2v) is 46.4. The van der Waals surface area contributed by atoms with Gasteiger partial charge in [0.2, 0.25) is 0 Å². The number of hydrogen-bond donors (Lipinski definition) is 2. The third kappa shape index (κ3) is 27.5. The molecule has 0 bridgehead atoms. The van der Waals surface area contributed by atoms with Crippen LogP contribution < -0.4 is 61.4 Å². The number of amides is 2. The summed E-state index contributed by atoms with van der Waals surface area (Å²) < 4.78 is 15.6. The number of carbonyl (C=O) groups is 6. The zero-order valence-electron chi connectivity index (χ0n) is 91.1. The minimum absolute atomic E-state index is 0. The number of nitrogens with one attached hydrogen (secondary N) is 1. The van der Waals surface area contributed by atoms with Crippen LogP contribution in [0.4, 0.5) is 38.0 Å². The molecule has 0 atom stereocenters. The van der Waals surface area contributed by atoms with Gasteiger partial charge >= 0.3 is 41.7 Å². The predicted octanol–water partition coefficient (Wildman–Crippen LogP) is 22.7. The number of anilines is 2. The summed E-state index contributed by atoms with van der Waals surface area (Å²) in [6.45, 7) is 77.0. The number of ketones is 4. The van der Waals surface area contributed by atoms with Gasteiger partial charge in [-0.25, -0.2) is 24.1 Å². The van der Waals surface area contributed by atoms with Gasteiger partial charge in [0.1, 0.15) is 34.3 Å². The van der Waals surface area contributed by atoms with E-state index in [0.29, 0.717) is 102 Å². The van der Waals surface area contributed by atoms with Gasteiger partial charge in [-0.1, -0.05) is 232 Å². The second-order valence-electron chi connectivity index (χ2n) is 46.0. The number of pyridine rings is 3. The molecular formula is C120H140BCl2N11NaO12. The Hall–Kier alpha value is -12.5. The molecule has 147 heavy (non-hydrogen) atoms. The van der Waals surface area contributed by atoms with Crippen LogP contribution in [0.2, 0.25) is 5.02 Å². The topological polar surface area (TPSA) is 245 Å². The monoisotopic (exact) mass is 2030 g/mol. The van der Waals surface area contributed by atoms with E-state index in [1.54, 1.807) is 59.9 Å². The van der Waals surface area contributed by atoms with Crippen molar-refractivity contribution in [3.8, 4) is 50.4 Å². The number of aliphatic hydroxyl groups is 1. The Morgan fingerprint density at radius 1 is 0.388 bits per heavy atom. The molecule has 5 saturated heterocycles. The van der Waals surface area contributed by atoms with E-state index >= 15 is 0 Å². The Balaban J connectivity index is 0.000000226. The maximum Gasteiger partial charge on any atom is 1.00 e. The molecule has 0 spiro atoms. The molecule has 3 radical (unpaired) electrons. The molecule has 0 aliphatic carbocycles. The number of nitrogens with zero attached hydrogens (tertiary/aromatic N) is 10. The maximum absolute atomic E-state index is 13.6. The van der Waals surface area contributed by atoms with Crippen LogP contribution in [-0.4, -0.2) is 155 Å². The zero-order valence-corrected chi connectivity index (χ0v) is 93.7. The average molecular weight is 2030 g/mol. The molecule has 17 rings (SSSR count). The molecule has 9 aromatic carbocycles. The fourth-order valence-electron chi connectivity index (χ4n) is 20.8. The van der Waals surface area contributed by atoms with E-state index in [2.05, 4.69) is 69.5 Å². The summed E-state index contributed by atoms with van der Waals surface area (Å²) in [6, 6.07) is 63.2. The second kappa shape index (κ2) is 46.5. The Kier molecular flexibility index (Phi) is 37.3. The molecule has 23 nitrogen and oxygen atoms in total. The van der Waals surface area contributed by atoms with E-state index in [9.17, 15) is 48.3 Å². The van der Waals surface area contributed by atoms with Crippen molar-refractivity contribution >= 4 is 128 Å². The van der Waals surface area contributed by atoms with Crippen LogP contribution in [-0.2, 0) is 28.7 Å². The summed E-state index contributed by atoms with van der Waals surface area (Å²) >= 11 is 5.97. The third-order valence-corrected chi connectivity index (χ3v) is 27.4.